The molecule has 1 fully saturated rings. The number of rotatable bonds is 5. The molecule has 0 aliphatic carbocycles. The van der Waals surface area contributed by atoms with Gasteiger partial charge in [0.15, 0.2) is 6.10 Å². The van der Waals surface area contributed by atoms with E-state index >= 15 is 0 Å². The molecule has 1 saturated heterocycles. The van der Waals surface area contributed by atoms with Crippen molar-refractivity contribution in [2.45, 2.75) is 12.2 Å². The summed E-state index contributed by atoms with van der Waals surface area (Å²) < 4.78 is 18.7. The number of carbonyl (C=O) groups is 2. The van der Waals surface area contributed by atoms with Gasteiger partial charge in [-0.25, -0.2) is 4.79 Å². The molecule has 13 heavy (non-hydrogen) atoms. The number of hydrogen-bond donors (Lipinski definition) is 0. The van der Waals surface area contributed by atoms with Gasteiger partial charge in [0.2, 0.25) is 0 Å². The van der Waals surface area contributed by atoms with Crippen LogP contribution in [0.15, 0.2) is 0 Å². The molecule has 0 aromatic heterocycles. The molecule has 2 atom stereocenters. The first kappa shape index (κ1) is 9.79. The van der Waals surface area contributed by atoms with Crippen LogP contribution in [0.25, 0.3) is 0 Å². The molecule has 0 radical (unpaired) electrons. The summed E-state index contributed by atoms with van der Waals surface area (Å²) in [6.45, 7) is 0.477. The second kappa shape index (κ2) is 4.66. The standard InChI is InChI=1S/C7H10O6/c1-10-5(2-11-4-8)6-3-12-7(9)13-6/h4-6H,2-3H2,1H3. The molecule has 1 rings (SSSR count). The maximum absolute atomic E-state index is 10.5. The molecule has 1 heterocycles. The van der Waals surface area contributed by atoms with E-state index in [-0.39, 0.29) is 13.2 Å². The summed E-state index contributed by atoms with van der Waals surface area (Å²) in [4.78, 5) is 20.4. The molecular formula is C7H10O6. The number of methoxy groups -OCH3 is 1. The lowest BCUT2D eigenvalue weighted by molar-refractivity contribution is -0.134. The minimum absolute atomic E-state index is 0.0430. The summed E-state index contributed by atoms with van der Waals surface area (Å²) in [6.07, 6.45) is -1.70. The van der Waals surface area contributed by atoms with Gasteiger partial charge in [-0.2, -0.15) is 0 Å². The zero-order chi connectivity index (χ0) is 9.68. The summed E-state index contributed by atoms with van der Waals surface area (Å²) in [7, 11) is 1.44. The van der Waals surface area contributed by atoms with Gasteiger partial charge in [0, 0.05) is 7.11 Å². The van der Waals surface area contributed by atoms with Crippen molar-refractivity contribution in [3.63, 3.8) is 0 Å². The van der Waals surface area contributed by atoms with Crippen LogP contribution < -0.4 is 0 Å². The molecule has 6 heteroatoms. The van der Waals surface area contributed by atoms with E-state index in [4.69, 9.17) is 9.47 Å². The Bertz CT molecular complexity index is 191. The Hall–Kier alpha value is -1.30. The summed E-state index contributed by atoms with van der Waals surface area (Å²) in [5, 5.41) is 0. The molecule has 0 aromatic rings. The van der Waals surface area contributed by atoms with Crippen molar-refractivity contribution < 1.29 is 28.5 Å². The second-order valence-electron chi connectivity index (χ2n) is 2.42. The Balaban J connectivity index is 2.37. The summed E-state index contributed by atoms with van der Waals surface area (Å²) in [5.41, 5.74) is 0. The lowest BCUT2D eigenvalue weighted by atomic mass is 10.2. The maximum Gasteiger partial charge on any atom is 0.508 e. The van der Waals surface area contributed by atoms with Crippen molar-refractivity contribution in [2.75, 3.05) is 20.3 Å². The van der Waals surface area contributed by atoms with Gasteiger partial charge >= 0.3 is 6.16 Å². The summed E-state index contributed by atoms with van der Waals surface area (Å²) >= 11 is 0. The number of ether oxygens (including phenoxy) is 4. The minimum atomic E-state index is -0.724. The average molecular weight is 190 g/mol. The Kier molecular flexibility index (Phi) is 3.51. The van der Waals surface area contributed by atoms with Crippen LogP contribution in [-0.2, 0) is 23.7 Å². The molecule has 0 amide bonds. The molecule has 6 nitrogen and oxygen atoms in total. The van der Waals surface area contributed by atoms with Crippen molar-refractivity contribution in [1.82, 2.24) is 0 Å². The summed E-state index contributed by atoms with van der Waals surface area (Å²) in [5.74, 6) is 0. The van der Waals surface area contributed by atoms with Crippen molar-refractivity contribution >= 4 is 12.6 Å². The number of cyclic esters (lactones) is 2. The first-order valence-corrected chi connectivity index (χ1v) is 3.69. The zero-order valence-corrected chi connectivity index (χ0v) is 7.10. The molecule has 0 saturated carbocycles. The first-order valence-electron chi connectivity index (χ1n) is 3.69. The van der Waals surface area contributed by atoms with Crippen LogP contribution in [0, 0.1) is 0 Å². The zero-order valence-electron chi connectivity index (χ0n) is 7.10. The lowest BCUT2D eigenvalue weighted by Crippen LogP contribution is -2.34. The van der Waals surface area contributed by atoms with Crippen LogP contribution in [0.5, 0.6) is 0 Å². The SMILES string of the molecule is COC(COC=O)C1COC(=O)O1. The van der Waals surface area contributed by atoms with E-state index in [1.54, 1.807) is 0 Å². The van der Waals surface area contributed by atoms with Gasteiger partial charge in [0.25, 0.3) is 6.47 Å². The molecule has 0 bridgehead atoms. The fourth-order valence-electron chi connectivity index (χ4n) is 0.986. The second-order valence-corrected chi connectivity index (χ2v) is 2.42. The maximum atomic E-state index is 10.5. The lowest BCUT2D eigenvalue weighted by Gasteiger charge is -2.17. The first-order chi connectivity index (χ1) is 6.27. The van der Waals surface area contributed by atoms with E-state index in [0.717, 1.165) is 0 Å². The largest absolute Gasteiger partial charge is 0.508 e. The van der Waals surface area contributed by atoms with Gasteiger partial charge in [-0.05, 0) is 0 Å². The van der Waals surface area contributed by atoms with Crippen LogP contribution in [0.4, 0.5) is 4.79 Å². The third-order valence-electron chi connectivity index (χ3n) is 1.66. The van der Waals surface area contributed by atoms with Crippen molar-refractivity contribution in [3.05, 3.63) is 0 Å². The summed E-state index contributed by atoms with van der Waals surface area (Å²) in [6, 6.07) is 0. The van der Waals surface area contributed by atoms with Crippen LogP contribution in [-0.4, -0.2) is 45.2 Å². The molecule has 1 aliphatic rings. The van der Waals surface area contributed by atoms with Crippen LogP contribution in [0.1, 0.15) is 0 Å². The Morgan fingerprint density at radius 2 is 2.54 bits per heavy atom. The Labute approximate surface area is 74.7 Å². The minimum Gasteiger partial charge on any atom is -0.465 e. The van der Waals surface area contributed by atoms with Gasteiger partial charge < -0.3 is 18.9 Å². The van der Waals surface area contributed by atoms with E-state index in [1.165, 1.54) is 7.11 Å². The molecule has 0 spiro atoms. The topological polar surface area (TPSA) is 71.1 Å². The monoisotopic (exact) mass is 190 g/mol. The number of carbonyl (C=O) groups excluding carboxylic acids is 2. The van der Waals surface area contributed by atoms with Crippen molar-refractivity contribution in [2.24, 2.45) is 0 Å². The smallest absolute Gasteiger partial charge is 0.465 e. The van der Waals surface area contributed by atoms with Gasteiger partial charge in [0.05, 0.1) is 0 Å². The van der Waals surface area contributed by atoms with E-state index in [2.05, 4.69) is 9.47 Å². The van der Waals surface area contributed by atoms with E-state index in [9.17, 15) is 9.59 Å². The highest BCUT2D eigenvalue weighted by Crippen LogP contribution is 2.12. The van der Waals surface area contributed by atoms with Gasteiger partial charge in [0.1, 0.15) is 19.3 Å². The molecule has 74 valence electrons. The van der Waals surface area contributed by atoms with E-state index in [1.807, 2.05) is 0 Å². The van der Waals surface area contributed by atoms with Gasteiger partial charge in [-0.15, -0.1) is 0 Å². The third kappa shape index (κ3) is 2.59. The van der Waals surface area contributed by atoms with Crippen LogP contribution in [0.3, 0.4) is 0 Å². The molecule has 0 N–H and O–H groups in total. The van der Waals surface area contributed by atoms with Gasteiger partial charge in [-0.1, -0.05) is 0 Å². The van der Waals surface area contributed by atoms with E-state index < -0.39 is 18.4 Å². The third-order valence-corrected chi connectivity index (χ3v) is 1.66. The normalized spacial score (nSPS) is 23.2. The highest BCUT2D eigenvalue weighted by molar-refractivity contribution is 5.61. The molecule has 2 unspecified atom stereocenters. The van der Waals surface area contributed by atoms with Crippen molar-refractivity contribution in [3.8, 4) is 0 Å². The Morgan fingerprint density at radius 1 is 1.77 bits per heavy atom. The molecule has 0 aromatic carbocycles. The van der Waals surface area contributed by atoms with Crippen LogP contribution >= 0.6 is 0 Å². The quantitative estimate of drug-likeness (QED) is 0.438. The highest BCUT2D eigenvalue weighted by Gasteiger charge is 2.33. The van der Waals surface area contributed by atoms with Gasteiger partial charge in [-0.3, -0.25) is 4.79 Å². The van der Waals surface area contributed by atoms with Crippen molar-refractivity contribution in [1.29, 1.82) is 0 Å². The van der Waals surface area contributed by atoms with Crippen LogP contribution in [0.2, 0.25) is 0 Å². The van der Waals surface area contributed by atoms with E-state index in [0.29, 0.717) is 6.47 Å². The predicted octanol–water partition coefficient (Wildman–Crippen LogP) is -0.290. The fourth-order valence-corrected chi connectivity index (χ4v) is 0.986. The fraction of sp³-hybridized carbons (Fsp3) is 0.714. The molecular weight excluding hydrogens is 180 g/mol. The average Bonchev–Trinajstić information content (AvgIpc) is 2.54. The number of hydrogen-bond acceptors (Lipinski definition) is 6. The molecule has 1 aliphatic heterocycles. The highest BCUT2D eigenvalue weighted by atomic mass is 16.8. The Morgan fingerprint density at radius 3 is 3.00 bits per heavy atom. The predicted molar refractivity (Wildman–Crippen MR) is 39.0 cm³/mol.